The van der Waals surface area contributed by atoms with E-state index in [1.807, 2.05) is 37.3 Å². The minimum absolute atomic E-state index is 0.115. The maximum atomic E-state index is 15.2. The van der Waals surface area contributed by atoms with Gasteiger partial charge in [-0.2, -0.15) is 0 Å². The number of benzene rings is 4. The summed E-state index contributed by atoms with van der Waals surface area (Å²) in [6, 6.07) is 26.7. The summed E-state index contributed by atoms with van der Waals surface area (Å²) < 4.78 is 15.2. The maximum absolute atomic E-state index is 15.2. The molecule has 4 aromatic rings. The summed E-state index contributed by atoms with van der Waals surface area (Å²) in [5, 5.41) is 1.55. The lowest BCUT2D eigenvalue weighted by Gasteiger charge is -2.08. The fraction of sp³-hybridized carbons (Fsp3) is 0.212. The summed E-state index contributed by atoms with van der Waals surface area (Å²) in [4.78, 5) is 0. The first kappa shape index (κ1) is 23.5. The Balaban J connectivity index is 1.45. The zero-order valence-electron chi connectivity index (χ0n) is 20.1. The Morgan fingerprint density at radius 1 is 0.706 bits per heavy atom. The van der Waals surface area contributed by atoms with Crippen LogP contribution < -0.4 is 0 Å². The molecule has 0 fully saturated rings. The topological polar surface area (TPSA) is 0 Å². The van der Waals surface area contributed by atoms with E-state index in [1.54, 1.807) is 0 Å². The van der Waals surface area contributed by atoms with Crippen LogP contribution in [0.4, 0.5) is 4.39 Å². The molecule has 0 bridgehead atoms. The van der Waals surface area contributed by atoms with Gasteiger partial charge in [-0.3, -0.25) is 0 Å². The lowest BCUT2D eigenvalue weighted by atomic mass is 9.98. The standard InChI is InChI=1S/C33H31F/c1-3-5-6-7-26-12-14-27(15-13-26)16-17-29-19-23-32-31(24-29)22-21-30(33(32)34)20-18-28-10-8-25(4-2)9-11-28/h3,5,8-15,19,21-24H,4,6-7,18,20H2,1-2H3/b5-3+. The van der Waals surface area contributed by atoms with Crippen molar-refractivity contribution in [3.63, 3.8) is 0 Å². The van der Waals surface area contributed by atoms with Crippen LogP contribution in [0, 0.1) is 17.7 Å². The molecule has 0 aliphatic carbocycles. The Labute approximate surface area is 203 Å². The van der Waals surface area contributed by atoms with Gasteiger partial charge in [0.2, 0.25) is 0 Å². The third-order valence-corrected chi connectivity index (χ3v) is 6.29. The third-order valence-electron chi connectivity index (χ3n) is 6.29. The Kier molecular flexibility index (Phi) is 7.95. The average Bonchev–Trinajstić information content (AvgIpc) is 2.88. The predicted octanol–water partition coefficient (Wildman–Crippen LogP) is 8.24. The molecule has 1 heteroatoms. The molecule has 0 spiro atoms. The van der Waals surface area contributed by atoms with Crippen LogP contribution in [0.2, 0.25) is 0 Å². The highest BCUT2D eigenvalue weighted by Gasteiger charge is 2.08. The summed E-state index contributed by atoms with van der Waals surface area (Å²) in [5.41, 5.74) is 6.54. The summed E-state index contributed by atoms with van der Waals surface area (Å²) in [5.74, 6) is 6.35. The van der Waals surface area contributed by atoms with Gasteiger partial charge in [0.15, 0.2) is 0 Å². The first-order chi connectivity index (χ1) is 16.7. The normalized spacial score (nSPS) is 11.0. The van der Waals surface area contributed by atoms with Crippen molar-refractivity contribution in [1.29, 1.82) is 0 Å². The van der Waals surface area contributed by atoms with Gasteiger partial charge in [0.25, 0.3) is 0 Å². The Bertz CT molecular complexity index is 1330. The number of hydrogen-bond donors (Lipinski definition) is 0. The van der Waals surface area contributed by atoms with E-state index in [0.717, 1.165) is 47.8 Å². The van der Waals surface area contributed by atoms with Crippen LogP contribution in [0.15, 0.2) is 91.0 Å². The van der Waals surface area contributed by atoms with Crippen molar-refractivity contribution in [3.8, 4) is 11.8 Å². The second kappa shape index (κ2) is 11.5. The molecule has 0 aliphatic rings. The Morgan fingerprint density at radius 3 is 2.09 bits per heavy atom. The van der Waals surface area contributed by atoms with Gasteiger partial charge in [0, 0.05) is 16.5 Å². The zero-order chi connectivity index (χ0) is 23.8. The molecular weight excluding hydrogens is 415 g/mol. The SMILES string of the molecule is C/C=C/CCc1ccc(C#Cc2ccc3c(F)c(CCc4ccc(CC)cc4)ccc3c2)cc1. The van der Waals surface area contributed by atoms with Gasteiger partial charge < -0.3 is 0 Å². The number of aryl methyl sites for hydroxylation is 4. The highest BCUT2D eigenvalue weighted by Crippen LogP contribution is 2.24. The van der Waals surface area contributed by atoms with Crippen LogP contribution >= 0.6 is 0 Å². The monoisotopic (exact) mass is 446 g/mol. The number of rotatable bonds is 7. The molecule has 0 heterocycles. The van der Waals surface area contributed by atoms with E-state index in [-0.39, 0.29) is 5.82 Å². The Morgan fingerprint density at radius 2 is 1.35 bits per heavy atom. The number of fused-ring (bicyclic) bond motifs is 1. The van der Waals surface area contributed by atoms with Crippen LogP contribution in [-0.2, 0) is 25.7 Å². The number of hydrogen-bond acceptors (Lipinski definition) is 0. The van der Waals surface area contributed by atoms with Crippen molar-refractivity contribution < 1.29 is 4.39 Å². The molecule has 0 unspecified atom stereocenters. The molecule has 0 aromatic heterocycles. The van der Waals surface area contributed by atoms with Gasteiger partial charge in [-0.1, -0.05) is 85.5 Å². The van der Waals surface area contributed by atoms with E-state index in [4.69, 9.17) is 0 Å². The van der Waals surface area contributed by atoms with Gasteiger partial charge in [0.1, 0.15) is 5.82 Å². The maximum Gasteiger partial charge on any atom is 0.134 e. The third kappa shape index (κ3) is 6.03. The average molecular weight is 447 g/mol. The lowest BCUT2D eigenvalue weighted by molar-refractivity contribution is 0.620. The fourth-order valence-electron chi connectivity index (χ4n) is 4.14. The van der Waals surface area contributed by atoms with Gasteiger partial charge in [-0.15, -0.1) is 0 Å². The van der Waals surface area contributed by atoms with E-state index in [9.17, 15) is 0 Å². The molecule has 0 nitrogen and oxygen atoms in total. The zero-order valence-corrected chi connectivity index (χ0v) is 20.1. The van der Waals surface area contributed by atoms with Gasteiger partial charge in [-0.25, -0.2) is 4.39 Å². The quantitative estimate of drug-likeness (QED) is 0.198. The molecule has 0 atom stereocenters. The van der Waals surface area contributed by atoms with E-state index < -0.39 is 0 Å². The summed E-state index contributed by atoms with van der Waals surface area (Å²) in [6.07, 6.45) is 8.94. The molecule has 34 heavy (non-hydrogen) atoms. The molecule has 0 saturated heterocycles. The van der Waals surface area contributed by atoms with Crippen molar-refractivity contribution in [2.75, 3.05) is 0 Å². The molecule has 4 rings (SSSR count). The van der Waals surface area contributed by atoms with Crippen LogP contribution in [-0.4, -0.2) is 0 Å². The van der Waals surface area contributed by atoms with E-state index in [1.165, 1.54) is 16.7 Å². The van der Waals surface area contributed by atoms with Gasteiger partial charge in [0.05, 0.1) is 0 Å². The van der Waals surface area contributed by atoms with Crippen molar-refractivity contribution in [2.45, 2.75) is 46.0 Å². The first-order valence-corrected chi connectivity index (χ1v) is 12.2. The molecule has 0 radical (unpaired) electrons. The summed E-state index contributed by atoms with van der Waals surface area (Å²) in [7, 11) is 0. The second-order valence-corrected chi connectivity index (χ2v) is 8.70. The highest BCUT2D eigenvalue weighted by atomic mass is 19.1. The summed E-state index contributed by atoms with van der Waals surface area (Å²) in [6.45, 7) is 4.20. The molecule has 0 amide bonds. The van der Waals surface area contributed by atoms with Crippen LogP contribution in [0.25, 0.3) is 10.8 Å². The fourth-order valence-corrected chi connectivity index (χ4v) is 4.14. The molecular formula is C33H31F. The van der Waals surface area contributed by atoms with Crippen LogP contribution in [0.5, 0.6) is 0 Å². The van der Waals surface area contributed by atoms with Crippen molar-refractivity contribution in [1.82, 2.24) is 0 Å². The van der Waals surface area contributed by atoms with Crippen LogP contribution in [0.1, 0.15) is 53.6 Å². The smallest absolute Gasteiger partial charge is 0.134 e. The molecule has 0 N–H and O–H groups in total. The van der Waals surface area contributed by atoms with E-state index in [2.05, 4.69) is 79.4 Å². The molecule has 170 valence electrons. The van der Waals surface area contributed by atoms with Gasteiger partial charge in [-0.05, 0) is 90.9 Å². The number of allylic oxidation sites excluding steroid dienone is 2. The predicted molar refractivity (Wildman–Crippen MR) is 143 cm³/mol. The van der Waals surface area contributed by atoms with Gasteiger partial charge >= 0.3 is 0 Å². The largest absolute Gasteiger partial charge is 0.206 e. The Hall–Kier alpha value is -3.63. The van der Waals surface area contributed by atoms with E-state index >= 15 is 4.39 Å². The molecule has 0 saturated carbocycles. The molecule has 4 aromatic carbocycles. The van der Waals surface area contributed by atoms with Crippen molar-refractivity contribution in [2.24, 2.45) is 0 Å². The summed E-state index contributed by atoms with van der Waals surface area (Å²) >= 11 is 0. The van der Waals surface area contributed by atoms with Crippen molar-refractivity contribution in [3.05, 3.63) is 130 Å². The van der Waals surface area contributed by atoms with E-state index in [0.29, 0.717) is 11.8 Å². The van der Waals surface area contributed by atoms with Crippen molar-refractivity contribution >= 4 is 10.8 Å². The van der Waals surface area contributed by atoms with Crippen LogP contribution in [0.3, 0.4) is 0 Å². The number of halogens is 1. The molecule has 0 aliphatic heterocycles. The second-order valence-electron chi connectivity index (χ2n) is 8.70. The first-order valence-electron chi connectivity index (χ1n) is 12.2. The lowest BCUT2D eigenvalue weighted by Crippen LogP contribution is -1.96. The highest BCUT2D eigenvalue weighted by molar-refractivity contribution is 5.85. The minimum atomic E-state index is -0.115. The minimum Gasteiger partial charge on any atom is -0.206 e.